The van der Waals surface area contributed by atoms with Gasteiger partial charge in [0.15, 0.2) is 0 Å². The van der Waals surface area contributed by atoms with Crippen LogP contribution in [0.3, 0.4) is 0 Å². The molecule has 1 N–H and O–H groups in total. The number of hydrogen-bond donors (Lipinski definition) is 1. The molecule has 2 rings (SSSR count). The quantitative estimate of drug-likeness (QED) is 0.904. The van der Waals surface area contributed by atoms with Crippen molar-refractivity contribution < 1.29 is 0 Å². The van der Waals surface area contributed by atoms with Gasteiger partial charge < -0.3 is 10.2 Å². The molecular formula is C15H26N4S. The zero-order valence-corrected chi connectivity index (χ0v) is 13.8. The smallest absolute Gasteiger partial charge is 0.131 e. The lowest BCUT2D eigenvalue weighted by atomic mass is 10.2. The minimum atomic E-state index is 0.375. The molecule has 1 aromatic rings. The van der Waals surface area contributed by atoms with Crippen LogP contribution >= 0.6 is 11.8 Å². The Kier molecular flexibility index (Phi) is 5.66. The van der Waals surface area contributed by atoms with E-state index in [4.69, 9.17) is 4.98 Å². The Morgan fingerprint density at radius 1 is 1.50 bits per heavy atom. The van der Waals surface area contributed by atoms with E-state index in [1.54, 1.807) is 0 Å². The van der Waals surface area contributed by atoms with Crippen LogP contribution in [0.25, 0.3) is 0 Å². The van der Waals surface area contributed by atoms with Crippen molar-refractivity contribution in [3.05, 3.63) is 17.7 Å². The van der Waals surface area contributed by atoms with Crippen LogP contribution in [0, 0.1) is 0 Å². The highest BCUT2D eigenvalue weighted by molar-refractivity contribution is 8.00. The van der Waals surface area contributed by atoms with E-state index < -0.39 is 0 Å². The van der Waals surface area contributed by atoms with E-state index in [0.717, 1.165) is 36.4 Å². The molecule has 1 fully saturated rings. The van der Waals surface area contributed by atoms with E-state index in [0.29, 0.717) is 5.92 Å². The van der Waals surface area contributed by atoms with Gasteiger partial charge in [0, 0.05) is 36.6 Å². The maximum atomic E-state index is 4.77. The Morgan fingerprint density at radius 3 is 2.95 bits per heavy atom. The van der Waals surface area contributed by atoms with Gasteiger partial charge in [0.2, 0.25) is 0 Å². The topological polar surface area (TPSA) is 41.1 Å². The second-order valence-electron chi connectivity index (χ2n) is 5.59. The van der Waals surface area contributed by atoms with Crippen molar-refractivity contribution >= 4 is 17.4 Å². The molecule has 112 valence electrons. The lowest BCUT2D eigenvalue weighted by Crippen LogP contribution is -2.38. The molecule has 0 saturated carbocycles. The van der Waals surface area contributed by atoms with Crippen molar-refractivity contribution in [3.63, 3.8) is 0 Å². The van der Waals surface area contributed by atoms with E-state index in [2.05, 4.69) is 47.7 Å². The van der Waals surface area contributed by atoms with E-state index in [1.807, 2.05) is 13.2 Å². The minimum absolute atomic E-state index is 0.375. The summed E-state index contributed by atoms with van der Waals surface area (Å²) >= 11 is 2.09. The first-order chi connectivity index (χ1) is 9.65. The van der Waals surface area contributed by atoms with Gasteiger partial charge in [0.1, 0.15) is 5.82 Å². The number of aromatic nitrogens is 2. The molecule has 20 heavy (non-hydrogen) atoms. The van der Waals surface area contributed by atoms with Gasteiger partial charge in [0.05, 0.1) is 17.6 Å². The summed E-state index contributed by atoms with van der Waals surface area (Å²) in [6.45, 7) is 9.57. The van der Waals surface area contributed by atoms with Gasteiger partial charge >= 0.3 is 0 Å². The van der Waals surface area contributed by atoms with Gasteiger partial charge in [-0.1, -0.05) is 20.8 Å². The molecule has 1 aliphatic rings. The molecule has 1 aliphatic heterocycles. The number of nitrogens with zero attached hydrogens (tertiary/aromatic N) is 3. The molecule has 0 aliphatic carbocycles. The molecule has 5 heteroatoms. The summed E-state index contributed by atoms with van der Waals surface area (Å²) in [6.07, 6.45) is 3.26. The van der Waals surface area contributed by atoms with Gasteiger partial charge in [-0.3, -0.25) is 0 Å². The Bertz CT molecular complexity index is 436. The second-order valence-corrected chi connectivity index (χ2v) is 7.00. The second kappa shape index (κ2) is 7.27. The highest BCUT2D eigenvalue weighted by atomic mass is 32.2. The fourth-order valence-corrected chi connectivity index (χ4v) is 3.63. The van der Waals surface area contributed by atoms with Crippen LogP contribution < -0.4 is 10.2 Å². The summed E-state index contributed by atoms with van der Waals surface area (Å²) in [6, 6.07) is 0. The van der Waals surface area contributed by atoms with Crippen LogP contribution in [0.5, 0.6) is 0 Å². The summed E-state index contributed by atoms with van der Waals surface area (Å²) in [5.41, 5.74) is 2.34. The molecule has 0 amide bonds. The largest absolute Gasteiger partial charge is 0.367 e. The molecule has 2 heterocycles. The van der Waals surface area contributed by atoms with Crippen molar-refractivity contribution in [2.45, 2.75) is 44.9 Å². The first-order valence-corrected chi connectivity index (χ1v) is 8.57. The third kappa shape index (κ3) is 3.64. The summed E-state index contributed by atoms with van der Waals surface area (Å²) in [5.74, 6) is 2.51. The zero-order valence-electron chi connectivity index (χ0n) is 13.0. The van der Waals surface area contributed by atoms with Crippen LogP contribution in [0.4, 0.5) is 5.69 Å². The average Bonchev–Trinajstić information content (AvgIpc) is 2.47. The maximum Gasteiger partial charge on any atom is 0.131 e. The molecule has 1 aromatic heterocycles. The van der Waals surface area contributed by atoms with Gasteiger partial charge in [-0.2, -0.15) is 11.8 Å². The first kappa shape index (κ1) is 15.6. The van der Waals surface area contributed by atoms with Crippen molar-refractivity contribution in [2.75, 3.05) is 30.8 Å². The van der Waals surface area contributed by atoms with E-state index in [-0.39, 0.29) is 0 Å². The zero-order chi connectivity index (χ0) is 14.5. The molecule has 1 unspecified atom stereocenters. The van der Waals surface area contributed by atoms with Gasteiger partial charge in [-0.15, -0.1) is 0 Å². The molecule has 0 aromatic carbocycles. The Morgan fingerprint density at radius 2 is 2.30 bits per heavy atom. The van der Waals surface area contributed by atoms with Crippen LogP contribution in [-0.2, 0) is 6.54 Å². The van der Waals surface area contributed by atoms with Crippen molar-refractivity contribution in [3.8, 4) is 0 Å². The van der Waals surface area contributed by atoms with E-state index in [9.17, 15) is 0 Å². The predicted molar refractivity (Wildman–Crippen MR) is 87.6 cm³/mol. The molecule has 1 saturated heterocycles. The van der Waals surface area contributed by atoms with Crippen LogP contribution in [0.2, 0.25) is 0 Å². The van der Waals surface area contributed by atoms with Crippen molar-refractivity contribution in [1.29, 1.82) is 0 Å². The van der Waals surface area contributed by atoms with Crippen LogP contribution in [0.1, 0.15) is 44.6 Å². The average molecular weight is 294 g/mol. The molecular weight excluding hydrogens is 268 g/mol. The Hall–Kier alpha value is -0.810. The summed E-state index contributed by atoms with van der Waals surface area (Å²) < 4.78 is 0. The fraction of sp³-hybridized carbons (Fsp3) is 0.733. The third-order valence-electron chi connectivity index (χ3n) is 3.66. The van der Waals surface area contributed by atoms with Crippen molar-refractivity contribution in [2.24, 2.45) is 0 Å². The summed E-state index contributed by atoms with van der Waals surface area (Å²) in [4.78, 5) is 11.8. The molecule has 4 nitrogen and oxygen atoms in total. The Labute approximate surface area is 126 Å². The molecule has 0 spiro atoms. The lowest BCUT2D eigenvalue weighted by Gasteiger charge is -2.34. The molecule has 0 radical (unpaired) electrons. The maximum absolute atomic E-state index is 4.77. The van der Waals surface area contributed by atoms with Gasteiger partial charge in [0.25, 0.3) is 0 Å². The minimum Gasteiger partial charge on any atom is -0.367 e. The third-order valence-corrected chi connectivity index (χ3v) is 5.03. The SMILES string of the molecule is CCC1CN(c2cnc(C(C)C)nc2CNC)CCS1. The van der Waals surface area contributed by atoms with Gasteiger partial charge in [-0.05, 0) is 13.5 Å². The van der Waals surface area contributed by atoms with Gasteiger partial charge in [-0.25, -0.2) is 9.97 Å². The van der Waals surface area contributed by atoms with Crippen LogP contribution in [0.15, 0.2) is 6.20 Å². The van der Waals surface area contributed by atoms with E-state index >= 15 is 0 Å². The lowest BCUT2D eigenvalue weighted by molar-refractivity contribution is 0.691. The highest BCUT2D eigenvalue weighted by Gasteiger charge is 2.22. The number of hydrogen-bond acceptors (Lipinski definition) is 5. The standard InChI is InChI=1S/C15H26N4S/c1-5-12-10-19(6-7-20-12)14-9-17-15(11(2)3)18-13(14)8-16-4/h9,11-12,16H,5-8,10H2,1-4H3. The number of rotatable bonds is 5. The molecule has 1 atom stereocenters. The molecule has 0 bridgehead atoms. The predicted octanol–water partition coefficient (Wildman–Crippen LogP) is 2.65. The van der Waals surface area contributed by atoms with Crippen molar-refractivity contribution in [1.82, 2.24) is 15.3 Å². The number of thioether (sulfide) groups is 1. The highest BCUT2D eigenvalue weighted by Crippen LogP contribution is 2.27. The normalized spacial score (nSPS) is 19.6. The van der Waals surface area contributed by atoms with E-state index in [1.165, 1.54) is 17.9 Å². The Balaban J connectivity index is 2.25. The van der Waals surface area contributed by atoms with Crippen LogP contribution in [-0.4, -0.2) is 41.1 Å². The monoisotopic (exact) mass is 294 g/mol. The summed E-state index contributed by atoms with van der Waals surface area (Å²) in [5, 5.41) is 3.97. The first-order valence-electron chi connectivity index (χ1n) is 7.52. The number of nitrogens with one attached hydrogen (secondary N) is 1. The number of anilines is 1. The summed E-state index contributed by atoms with van der Waals surface area (Å²) in [7, 11) is 1.97. The fourth-order valence-electron chi connectivity index (χ4n) is 2.45.